The summed E-state index contributed by atoms with van der Waals surface area (Å²) in [6.07, 6.45) is 6.48. The molecule has 0 unspecified atom stereocenters. The molecule has 0 radical (unpaired) electrons. The van der Waals surface area contributed by atoms with Crippen LogP contribution >= 0.6 is 11.3 Å². The van der Waals surface area contributed by atoms with Gasteiger partial charge in [0.2, 0.25) is 0 Å². The van der Waals surface area contributed by atoms with Gasteiger partial charge in [-0.05, 0) is 19.4 Å². The molecule has 0 saturated heterocycles. The number of rotatable bonds is 5. The highest BCUT2D eigenvalue weighted by Gasteiger charge is 2.14. The van der Waals surface area contributed by atoms with E-state index >= 15 is 0 Å². The van der Waals surface area contributed by atoms with E-state index in [0.29, 0.717) is 18.8 Å². The van der Waals surface area contributed by atoms with Crippen LogP contribution in [0.5, 0.6) is 5.75 Å². The van der Waals surface area contributed by atoms with Gasteiger partial charge < -0.3 is 9.84 Å². The normalized spacial score (nSPS) is 9.60. The van der Waals surface area contributed by atoms with Gasteiger partial charge in [0, 0.05) is 11.3 Å². The minimum atomic E-state index is -0.944. The summed E-state index contributed by atoms with van der Waals surface area (Å²) in [7, 11) is 0. The van der Waals surface area contributed by atoms with Crippen molar-refractivity contribution in [1.82, 2.24) is 0 Å². The van der Waals surface area contributed by atoms with Crippen molar-refractivity contribution in [2.24, 2.45) is 0 Å². The maximum atomic E-state index is 10.8. The van der Waals surface area contributed by atoms with E-state index in [1.54, 1.807) is 6.07 Å². The first-order valence-electron chi connectivity index (χ1n) is 4.55. The number of carboxylic acids is 1. The van der Waals surface area contributed by atoms with Crippen molar-refractivity contribution in [3.63, 3.8) is 0 Å². The molecule has 0 aliphatic rings. The Labute approximate surface area is 92.7 Å². The molecular weight excluding hydrogens is 212 g/mol. The topological polar surface area (TPSA) is 46.5 Å². The van der Waals surface area contributed by atoms with E-state index < -0.39 is 5.97 Å². The monoisotopic (exact) mass is 224 g/mol. The molecule has 0 saturated carbocycles. The van der Waals surface area contributed by atoms with Gasteiger partial charge in [0.1, 0.15) is 5.75 Å². The molecule has 3 nitrogen and oxygen atoms in total. The minimum Gasteiger partial charge on any atom is -0.492 e. The van der Waals surface area contributed by atoms with Crippen LogP contribution < -0.4 is 4.74 Å². The lowest BCUT2D eigenvalue weighted by Crippen LogP contribution is -2.01. The van der Waals surface area contributed by atoms with Crippen molar-refractivity contribution < 1.29 is 14.6 Å². The average Bonchev–Trinajstić information content (AvgIpc) is 2.55. The zero-order valence-corrected chi connectivity index (χ0v) is 9.26. The van der Waals surface area contributed by atoms with E-state index in [1.165, 1.54) is 11.3 Å². The standard InChI is InChI=1S/C11H12O3S/c1-3-4-5-6-14-9-7-8(2)15-10(9)11(12)13/h1,7H,4-6H2,2H3,(H,12,13). The van der Waals surface area contributed by atoms with Gasteiger partial charge in [-0.1, -0.05) is 0 Å². The molecule has 1 aromatic rings. The molecule has 0 amide bonds. The maximum Gasteiger partial charge on any atom is 0.349 e. The van der Waals surface area contributed by atoms with Crippen molar-refractivity contribution in [3.8, 4) is 18.1 Å². The van der Waals surface area contributed by atoms with Crippen LogP contribution in [0.2, 0.25) is 0 Å². The molecule has 0 bridgehead atoms. The van der Waals surface area contributed by atoms with Crippen molar-refractivity contribution in [2.45, 2.75) is 19.8 Å². The number of ether oxygens (including phenoxy) is 1. The van der Waals surface area contributed by atoms with E-state index in [9.17, 15) is 4.79 Å². The van der Waals surface area contributed by atoms with Crippen LogP contribution in [0.1, 0.15) is 27.4 Å². The Morgan fingerprint density at radius 2 is 2.47 bits per heavy atom. The van der Waals surface area contributed by atoms with Gasteiger partial charge in [0.25, 0.3) is 0 Å². The first kappa shape index (κ1) is 11.6. The molecular formula is C11H12O3S. The lowest BCUT2D eigenvalue weighted by Gasteiger charge is -2.02. The van der Waals surface area contributed by atoms with E-state index in [4.69, 9.17) is 16.3 Å². The van der Waals surface area contributed by atoms with Gasteiger partial charge in [0.15, 0.2) is 4.88 Å². The molecule has 0 atom stereocenters. The maximum absolute atomic E-state index is 10.8. The summed E-state index contributed by atoms with van der Waals surface area (Å²) in [6.45, 7) is 2.31. The Bertz CT molecular complexity index is 387. The average molecular weight is 224 g/mol. The van der Waals surface area contributed by atoms with E-state index in [1.807, 2.05) is 6.92 Å². The molecule has 4 heteroatoms. The summed E-state index contributed by atoms with van der Waals surface area (Å²) in [5, 5.41) is 8.88. The summed E-state index contributed by atoms with van der Waals surface area (Å²) >= 11 is 1.22. The van der Waals surface area contributed by atoms with Crippen molar-refractivity contribution in [3.05, 3.63) is 15.8 Å². The van der Waals surface area contributed by atoms with Gasteiger partial charge in [-0.15, -0.1) is 23.7 Å². The third-order valence-electron chi connectivity index (χ3n) is 1.74. The molecule has 1 N–H and O–H groups in total. The molecule has 0 aromatic carbocycles. The summed E-state index contributed by atoms with van der Waals surface area (Å²) in [5.74, 6) is 2.00. The number of hydrogen-bond donors (Lipinski definition) is 1. The molecule has 0 spiro atoms. The third kappa shape index (κ3) is 3.30. The summed E-state index contributed by atoms with van der Waals surface area (Å²) in [5.41, 5.74) is 0. The number of carboxylic acid groups (broad SMARTS) is 1. The highest BCUT2D eigenvalue weighted by Crippen LogP contribution is 2.28. The lowest BCUT2D eigenvalue weighted by atomic mass is 10.3. The Kier molecular flexibility index (Phi) is 4.19. The molecule has 15 heavy (non-hydrogen) atoms. The highest BCUT2D eigenvalue weighted by atomic mass is 32.1. The SMILES string of the molecule is C#CCCCOc1cc(C)sc1C(=O)O. The first-order valence-corrected chi connectivity index (χ1v) is 5.36. The van der Waals surface area contributed by atoms with Gasteiger partial charge >= 0.3 is 5.97 Å². The molecule has 0 aliphatic carbocycles. The second-order valence-electron chi connectivity index (χ2n) is 3.01. The van der Waals surface area contributed by atoms with E-state index in [0.717, 1.165) is 11.3 Å². The van der Waals surface area contributed by atoms with Crippen molar-refractivity contribution in [1.29, 1.82) is 0 Å². The number of carbonyl (C=O) groups is 1. The van der Waals surface area contributed by atoms with Crippen LogP contribution in [0.15, 0.2) is 6.07 Å². The number of aromatic carboxylic acids is 1. The molecule has 1 heterocycles. The van der Waals surface area contributed by atoms with Crippen LogP contribution in [0.4, 0.5) is 0 Å². The second-order valence-corrected chi connectivity index (χ2v) is 4.27. The van der Waals surface area contributed by atoms with Crippen molar-refractivity contribution >= 4 is 17.3 Å². The largest absolute Gasteiger partial charge is 0.492 e. The van der Waals surface area contributed by atoms with E-state index in [-0.39, 0.29) is 4.88 Å². The summed E-state index contributed by atoms with van der Waals surface area (Å²) in [6, 6.07) is 1.74. The lowest BCUT2D eigenvalue weighted by molar-refractivity contribution is 0.0698. The fourth-order valence-electron chi connectivity index (χ4n) is 1.10. The Morgan fingerprint density at radius 1 is 1.73 bits per heavy atom. The highest BCUT2D eigenvalue weighted by molar-refractivity contribution is 7.14. The van der Waals surface area contributed by atoms with Gasteiger partial charge in [-0.3, -0.25) is 0 Å². The Balaban J connectivity index is 2.60. The van der Waals surface area contributed by atoms with E-state index in [2.05, 4.69) is 5.92 Å². The molecule has 0 aliphatic heterocycles. The number of unbranched alkanes of at least 4 members (excludes halogenated alkanes) is 1. The zero-order chi connectivity index (χ0) is 11.3. The molecule has 1 rings (SSSR count). The second kappa shape index (κ2) is 5.42. The predicted octanol–water partition coefficient (Wildman–Crippen LogP) is 2.55. The van der Waals surface area contributed by atoms with Gasteiger partial charge in [-0.25, -0.2) is 4.79 Å². The molecule has 1 aromatic heterocycles. The number of hydrogen-bond acceptors (Lipinski definition) is 3. The fraction of sp³-hybridized carbons (Fsp3) is 0.364. The number of terminal acetylenes is 1. The zero-order valence-electron chi connectivity index (χ0n) is 8.45. The fourth-order valence-corrected chi connectivity index (χ4v) is 1.90. The first-order chi connectivity index (χ1) is 7.15. The predicted molar refractivity (Wildman–Crippen MR) is 59.6 cm³/mol. The summed E-state index contributed by atoms with van der Waals surface area (Å²) < 4.78 is 5.36. The third-order valence-corrected chi connectivity index (χ3v) is 2.76. The number of thiophene rings is 1. The molecule has 80 valence electrons. The van der Waals surface area contributed by atoms with Gasteiger partial charge in [0.05, 0.1) is 6.61 Å². The van der Waals surface area contributed by atoms with Crippen LogP contribution in [0.25, 0.3) is 0 Å². The number of aryl methyl sites for hydroxylation is 1. The van der Waals surface area contributed by atoms with Crippen LogP contribution in [-0.4, -0.2) is 17.7 Å². The molecule has 0 fully saturated rings. The Hall–Kier alpha value is -1.47. The quantitative estimate of drug-likeness (QED) is 0.617. The Morgan fingerprint density at radius 3 is 3.07 bits per heavy atom. The minimum absolute atomic E-state index is 0.258. The van der Waals surface area contributed by atoms with Crippen molar-refractivity contribution in [2.75, 3.05) is 6.61 Å². The van der Waals surface area contributed by atoms with Crippen LogP contribution in [-0.2, 0) is 0 Å². The summed E-state index contributed by atoms with van der Waals surface area (Å²) in [4.78, 5) is 12.0. The smallest absolute Gasteiger partial charge is 0.349 e. The van der Waals surface area contributed by atoms with Crippen LogP contribution in [0, 0.1) is 19.3 Å². The van der Waals surface area contributed by atoms with Crippen LogP contribution in [0.3, 0.4) is 0 Å². The van der Waals surface area contributed by atoms with Gasteiger partial charge in [-0.2, -0.15) is 0 Å².